The van der Waals surface area contributed by atoms with E-state index in [0.717, 1.165) is 4.47 Å². The highest BCUT2D eigenvalue weighted by Crippen LogP contribution is 2.28. The molecule has 2 N–H and O–H groups in total. The van der Waals surface area contributed by atoms with Gasteiger partial charge >= 0.3 is 5.97 Å². The molecule has 0 saturated heterocycles. The van der Waals surface area contributed by atoms with Gasteiger partial charge in [-0.3, -0.25) is 4.79 Å². The fraction of sp³-hybridized carbons (Fsp3) is 0.364. The van der Waals surface area contributed by atoms with Crippen LogP contribution in [0, 0.1) is 0 Å². The number of esters is 1. The minimum Gasteiger partial charge on any atom is -0.494 e. The van der Waals surface area contributed by atoms with Crippen LogP contribution in [0.2, 0.25) is 0 Å². The van der Waals surface area contributed by atoms with Gasteiger partial charge in [-0.1, -0.05) is 15.9 Å². The number of carbonyl (C=O) groups is 1. The number of hydrogen-bond acceptors (Lipinski definition) is 4. The molecule has 1 aromatic carbocycles. The Morgan fingerprint density at radius 3 is 2.81 bits per heavy atom. The second-order valence-electron chi connectivity index (χ2n) is 3.12. The van der Waals surface area contributed by atoms with Gasteiger partial charge in [-0.15, -0.1) is 0 Å². The van der Waals surface area contributed by atoms with Crippen LogP contribution in [0.25, 0.3) is 0 Å². The molecule has 1 rings (SSSR count). The molecule has 0 bridgehead atoms. The van der Waals surface area contributed by atoms with Gasteiger partial charge in [-0.2, -0.15) is 0 Å². The third-order valence-electron chi connectivity index (χ3n) is 2.06. The summed E-state index contributed by atoms with van der Waals surface area (Å²) in [5, 5.41) is 0. The molecular weight excluding hydrogens is 274 g/mol. The van der Waals surface area contributed by atoms with Crippen molar-refractivity contribution in [3.05, 3.63) is 28.2 Å². The van der Waals surface area contributed by atoms with Gasteiger partial charge < -0.3 is 15.2 Å². The van der Waals surface area contributed by atoms with Crippen LogP contribution < -0.4 is 10.5 Å². The molecule has 0 fully saturated rings. The van der Waals surface area contributed by atoms with Crippen molar-refractivity contribution in [2.75, 3.05) is 13.7 Å². The third-order valence-corrected chi connectivity index (χ3v) is 2.56. The largest absolute Gasteiger partial charge is 0.494 e. The first-order valence-corrected chi connectivity index (χ1v) is 5.65. The van der Waals surface area contributed by atoms with Crippen molar-refractivity contribution < 1.29 is 14.3 Å². The summed E-state index contributed by atoms with van der Waals surface area (Å²) in [4.78, 5) is 11.4. The molecule has 0 aliphatic carbocycles. The van der Waals surface area contributed by atoms with E-state index in [9.17, 15) is 4.79 Å². The van der Waals surface area contributed by atoms with E-state index < -0.39 is 12.0 Å². The van der Waals surface area contributed by atoms with Crippen LogP contribution in [0.3, 0.4) is 0 Å². The van der Waals surface area contributed by atoms with Crippen LogP contribution in [0.5, 0.6) is 5.75 Å². The Kier molecular flexibility index (Phi) is 4.76. The number of nitrogens with two attached hydrogens (primary N) is 1. The number of rotatable bonds is 4. The topological polar surface area (TPSA) is 61.5 Å². The fourth-order valence-corrected chi connectivity index (χ4v) is 1.68. The Balaban J connectivity index is 3.08. The SMILES string of the molecule is CCOc1ccc(Br)cc1[C@H](N)C(=O)OC. The number of methoxy groups -OCH3 is 1. The lowest BCUT2D eigenvalue weighted by atomic mass is 10.1. The molecule has 0 radical (unpaired) electrons. The van der Waals surface area contributed by atoms with Crippen LogP contribution in [-0.4, -0.2) is 19.7 Å². The highest BCUT2D eigenvalue weighted by atomic mass is 79.9. The van der Waals surface area contributed by atoms with Crippen molar-refractivity contribution >= 4 is 21.9 Å². The molecule has 0 heterocycles. The van der Waals surface area contributed by atoms with Crippen molar-refractivity contribution in [2.24, 2.45) is 5.73 Å². The first kappa shape index (κ1) is 13.0. The minimum atomic E-state index is -0.830. The number of carbonyl (C=O) groups excluding carboxylic acids is 1. The molecule has 16 heavy (non-hydrogen) atoms. The summed E-state index contributed by atoms with van der Waals surface area (Å²) in [5.41, 5.74) is 6.39. The summed E-state index contributed by atoms with van der Waals surface area (Å²) in [6, 6.07) is 4.53. The molecule has 4 nitrogen and oxygen atoms in total. The Bertz CT molecular complexity index is 381. The van der Waals surface area contributed by atoms with E-state index in [1.54, 1.807) is 12.1 Å². The summed E-state index contributed by atoms with van der Waals surface area (Å²) in [6.45, 7) is 2.39. The maximum Gasteiger partial charge on any atom is 0.327 e. The standard InChI is InChI=1S/C11H14BrNO3/c1-3-16-9-5-4-7(12)6-8(9)10(13)11(14)15-2/h4-6,10H,3,13H2,1-2H3/t10-/m0/s1. The van der Waals surface area contributed by atoms with Crippen LogP contribution >= 0.6 is 15.9 Å². The van der Waals surface area contributed by atoms with Crippen molar-refractivity contribution in [3.8, 4) is 5.75 Å². The van der Waals surface area contributed by atoms with E-state index in [-0.39, 0.29) is 0 Å². The zero-order valence-electron chi connectivity index (χ0n) is 9.20. The molecule has 0 aromatic heterocycles. The number of ether oxygens (including phenoxy) is 2. The monoisotopic (exact) mass is 287 g/mol. The molecule has 0 amide bonds. The lowest BCUT2D eigenvalue weighted by Crippen LogP contribution is -2.23. The van der Waals surface area contributed by atoms with Crippen molar-refractivity contribution in [3.63, 3.8) is 0 Å². The molecule has 5 heteroatoms. The Hall–Kier alpha value is -1.07. The zero-order chi connectivity index (χ0) is 12.1. The van der Waals surface area contributed by atoms with E-state index in [0.29, 0.717) is 17.9 Å². The van der Waals surface area contributed by atoms with Crippen molar-refractivity contribution in [2.45, 2.75) is 13.0 Å². The van der Waals surface area contributed by atoms with Crippen LogP contribution in [0.15, 0.2) is 22.7 Å². The lowest BCUT2D eigenvalue weighted by Gasteiger charge is -2.15. The van der Waals surface area contributed by atoms with Gasteiger partial charge in [0.1, 0.15) is 11.8 Å². The molecule has 0 unspecified atom stereocenters. The van der Waals surface area contributed by atoms with Gasteiger partial charge in [0.2, 0.25) is 0 Å². The van der Waals surface area contributed by atoms with Crippen molar-refractivity contribution in [1.29, 1.82) is 0 Å². The van der Waals surface area contributed by atoms with Crippen LogP contribution in [-0.2, 0) is 9.53 Å². The Labute approximate surface area is 103 Å². The van der Waals surface area contributed by atoms with Gasteiger partial charge in [0.05, 0.1) is 13.7 Å². The molecule has 88 valence electrons. The van der Waals surface area contributed by atoms with E-state index in [1.165, 1.54) is 7.11 Å². The van der Waals surface area contributed by atoms with Gasteiger partial charge in [0.25, 0.3) is 0 Å². The predicted octanol–water partition coefficient (Wildman–Crippen LogP) is 2.02. The fourth-order valence-electron chi connectivity index (χ4n) is 1.30. The quantitative estimate of drug-likeness (QED) is 0.861. The average molecular weight is 288 g/mol. The lowest BCUT2D eigenvalue weighted by molar-refractivity contribution is -0.142. The molecule has 0 spiro atoms. The maximum atomic E-state index is 11.4. The molecule has 1 aromatic rings. The molecular formula is C11H14BrNO3. The Morgan fingerprint density at radius 2 is 2.25 bits per heavy atom. The normalized spacial score (nSPS) is 12.0. The average Bonchev–Trinajstić information content (AvgIpc) is 2.29. The van der Waals surface area contributed by atoms with Crippen LogP contribution in [0.4, 0.5) is 0 Å². The van der Waals surface area contributed by atoms with Gasteiger partial charge in [0, 0.05) is 10.0 Å². The highest BCUT2D eigenvalue weighted by molar-refractivity contribution is 9.10. The minimum absolute atomic E-state index is 0.487. The summed E-state index contributed by atoms with van der Waals surface area (Å²) >= 11 is 3.32. The number of hydrogen-bond donors (Lipinski definition) is 1. The molecule has 0 aliphatic rings. The van der Waals surface area contributed by atoms with E-state index in [1.807, 2.05) is 13.0 Å². The number of halogens is 1. The van der Waals surface area contributed by atoms with Crippen LogP contribution in [0.1, 0.15) is 18.5 Å². The second kappa shape index (κ2) is 5.86. The first-order valence-electron chi connectivity index (χ1n) is 4.85. The van der Waals surface area contributed by atoms with Gasteiger partial charge in [0.15, 0.2) is 0 Å². The molecule has 0 saturated carbocycles. The first-order chi connectivity index (χ1) is 7.60. The van der Waals surface area contributed by atoms with Crippen molar-refractivity contribution in [1.82, 2.24) is 0 Å². The third kappa shape index (κ3) is 2.96. The summed E-state index contributed by atoms with van der Waals surface area (Å²) in [7, 11) is 1.31. The van der Waals surface area contributed by atoms with Gasteiger partial charge in [-0.25, -0.2) is 0 Å². The maximum absolute atomic E-state index is 11.4. The second-order valence-corrected chi connectivity index (χ2v) is 4.03. The zero-order valence-corrected chi connectivity index (χ0v) is 10.8. The van der Waals surface area contributed by atoms with E-state index in [4.69, 9.17) is 10.5 Å². The Morgan fingerprint density at radius 1 is 1.56 bits per heavy atom. The molecule has 1 atom stereocenters. The smallest absolute Gasteiger partial charge is 0.327 e. The molecule has 0 aliphatic heterocycles. The van der Waals surface area contributed by atoms with E-state index >= 15 is 0 Å². The summed E-state index contributed by atoms with van der Waals surface area (Å²) in [6.07, 6.45) is 0. The predicted molar refractivity (Wildman–Crippen MR) is 64.3 cm³/mol. The van der Waals surface area contributed by atoms with E-state index in [2.05, 4.69) is 20.7 Å². The highest BCUT2D eigenvalue weighted by Gasteiger charge is 2.20. The van der Waals surface area contributed by atoms with Gasteiger partial charge in [-0.05, 0) is 25.1 Å². The summed E-state index contributed by atoms with van der Waals surface area (Å²) in [5.74, 6) is 0.114. The number of benzene rings is 1. The summed E-state index contributed by atoms with van der Waals surface area (Å²) < 4.78 is 10.8.